The summed E-state index contributed by atoms with van der Waals surface area (Å²) in [4.78, 5) is 0. The van der Waals surface area contributed by atoms with Crippen LogP contribution in [0.3, 0.4) is 0 Å². The highest BCUT2D eigenvalue weighted by atomic mass is 19.1. The summed E-state index contributed by atoms with van der Waals surface area (Å²) in [6.45, 7) is 3.95. The second kappa shape index (κ2) is 7.92. The highest BCUT2D eigenvalue weighted by Gasteiger charge is 2.23. The summed E-state index contributed by atoms with van der Waals surface area (Å²) in [6.07, 6.45) is 0. The first kappa shape index (κ1) is 18.9. The Morgan fingerprint density at radius 3 is 2.62 bits per heavy atom. The van der Waals surface area contributed by atoms with Gasteiger partial charge in [0.15, 0.2) is 6.54 Å². The Kier molecular flexibility index (Phi) is 5.18. The molecule has 0 bridgehead atoms. The van der Waals surface area contributed by atoms with Crippen LogP contribution in [-0.4, -0.2) is 15.4 Å². The maximum absolute atomic E-state index is 13.9. The lowest BCUT2D eigenvalue weighted by Gasteiger charge is -2.10. The summed E-state index contributed by atoms with van der Waals surface area (Å²) in [7, 11) is 0. The van der Waals surface area contributed by atoms with Crippen LogP contribution in [0.5, 0.6) is 0 Å². The number of benzene rings is 2. The highest BCUT2D eigenvalue weighted by molar-refractivity contribution is 5.77. The van der Waals surface area contributed by atoms with Gasteiger partial charge in [-0.1, -0.05) is 35.5 Å². The summed E-state index contributed by atoms with van der Waals surface area (Å²) in [5.74, 6) is 0.0938. The molecular weight excluding hydrogens is 378 g/mol. The molecule has 2 aromatic carbocycles. The van der Waals surface area contributed by atoms with Crippen LogP contribution >= 0.6 is 0 Å². The molecule has 2 aromatic heterocycles. The van der Waals surface area contributed by atoms with E-state index in [0.29, 0.717) is 40.9 Å². The largest absolute Gasteiger partial charge is 0.415 e. The van der Waals surface area contributed by atoms with Crippen molar-refractivity contribution in [2.45, 2.75) is 26.4 Å². The molecule has 0 spiro atoms. The summed E-state index contributed by atoms with van der Waals surface area (Å²) in [5.41, 5.74) is 2.56. The average Bonchev–Trinajstić information content (AvgIpc) is 3.33. The predicted octanol–water partition coefficient (Wildman–Crippen LogP) is 3.80. The molecular formula is C21H19F2N4O2+. The maximum atomic E-state index is 13.9. The molecule has 0 aliphatic heterocycles. The van der Waals surface area contributed by atoms with Crippen LogP contribution in [0, 0.1) is 18.6 Å². The fourth-order valence-electron chi connectivity index (χ4n) is 3.13. The standard InChI is InChI=1S/C21H18F2N4O2/c1-12(16-9-8-15(22)10-17(16)23)24-11-18-25-26-21(28-18)19-13(2)29-27-20(19)14-6-4-3-5-7-14/h3-10,12,24H,11H2,1-2H3/p+1/t12-/m0/s1. The van der Waals surface area contributed by atoms with Crippen molar-refractivity contribution in [3.05, 3.63) is 77.4 Å². The Hall–Kier alpha value is -3.39. The van der Waals surface area contributed by atoms with Gasteiger partial charge in [0.05, 0.1) is 0 Å². The third-order valence-electron chi connectivity index (χ3n) is 4.69. The van der Waals surface area contributed by atoms with Crippen LogP contribution in [0.15, 0.2) is 57.5 Å². The molecule has 0 saturated heterocycles. The number of nitrogens with two attached hydrogens (primary N) is 1. The Balaban J connectivity index is 1.52. The SMILES string of the molecule is Cc1onc(-c2ccccc2)c1-c1nnc(C[NH2+][C@@H](C)c2ccc(F)cc2F)o1. The first-order chi connectivity index (χ1) is 14.0. The fraction of sp³-hybridized carbons (Fsp3) is 0.190. The molecule has 0 aliphatic carbocycles. The normalized spacial score (nSPS) is 12.3. The molecule has 29 heavy (non-hydrogen) atoms. The van der Waals surface area contributed by atoms with Crippen LogP contribution in [0.4, 0.5) is 8.78 Å². The average molecular weight is 397 g/mol. The van der Waals surface area contributed by atoms with Gasteiger partial charge in [0.25, 0.3) is 11.8 Å². The number of nitrogens with zero attached hydrogens (tertiary/aromatic N) is 3. The van der Waals surface area contributed by atoms with E-state index in [1.54, 1.807) is 6.92 Å². The lowest BCUT2D eigenvalue weighted by Crippen LogP contribution is -2.83. The summed E-state index contributed by atoms with van der Waals surface area (Å²) < 4.78 is 38.2. The van der Waals surface area contributed by atoms with Gasteiger partial charge in [-0.25, -0.2) is 8.78 Å². The smallest absolute Gasteiger partial charge is 0.271 e. The number of rotatable bonds is 6. The van der Waals surface area contributed by atoms with Gasteiger partial charge < -0.3 is 14.3 Å². The molecule has 0 saturated carbocycles. The summed E-state index contributed by atoms with van der Waals surface area (Å²) >= 11 is 0. The van der Waals surface area contributed by atoms with Crippen molar-refractivity contribution in [2.75, 3.05) is 0 Å². The maximum Gasteiger partial charge on any atom is 0.271 e. The van der Waals surface area contributed by atoms with Crippen LogP contribution in [0.25, 0.3) is 22.7 Å². The van der Waals surface area contributed by atoms with Crippen LogP contribution in [0.2, 0.25) is 0 Å². The van der Waals surface area contributed by atoms with Crippen molar-refractivity contribution in [1.82, 2.24) is 15.4 Å². The molecule has 0 radical (unpaired) electrons. The monoisotopic (exact) mass is 397 g/mol. The molecule has 4 aromatic rings. The van der Waals surface area contributed by atoms with Crippen LogP contribution in [-0.2, 0) is 6.54 Å². The van der Waals surface area contributed by atoms with E-state index in [4.69, 9.17) is 8.94 Å². The third-order valence-corrected chi connectivity index (χ3v) is 4.69. The van der Waals surface area contributed by atoms with Crippen molar-refractivity contribution in [2.24, 2.45) is 0 Å². The lowest BCUT2D eigenvalue weighted by molar-refractivity contribution is -0.710. The molecule has 2 N–H and O–H groups in total. The number of hydrogen-bond donors (Lipinski definition) is 1. The molecule has 0 unspecified atom stereocenters. The van der Waals surface area contributed by atoms with Gasteiger partial charge in [0, 0.05) is 17.2 Å². The van der Waals surface area contributed by atoms with E-state index in [-0.39, 0.29) is 6.04 Å². The van der Waals surface area contributed by atoms with E-state index in [1.807, 2.05) is 42.6 Å². The minimum Gasteiger partial charge on any atom is -0.415 e. The molecule has 0 fully saturated rings. The molecule has 6 nitrogen and oxygen atoms in total. The van der Waals surface area contributed by atoms with Gasteiger partial charge in [0.2, 0.25) is 0 Å². The molecule has 8 heteroatoms. The van der Waals surface area contributed by atoms with Gasteiger partial charge in [-0.3, -0.25) is 0 Å². The number of aryl methyl sites for hydroxylation is 1. The molecule has 0 amide bonds. The predicted molar refractivity (Wildman–Crippen MR) is 100 cm³/mol. The molecule has 1 atom stereocenters. The van der Waals surface area contributed by atoms with Crippen molar-refractivity contribution < 1.29 is 23.0 Å². The van der Waals surface area contributed by atoms with Crippen LogP contribution < -0.4 is 5.32 Å². The van der Waals surface area contributed by atoms with Gasteiger partial charge in [0.1, 0.15) is 34.7 Å². The van der Waals surface area contributed by atoms with E-state index in [0.717, 1.165) is 11.6 Å². The quantitative estimate of drug-likeness (QED) is 0.535. The highest BCUT2D eigenvalue weighted by Crippen LogP contribution is 2.33. The lowest BCUT2D eigenvalue weighted by atomic mass is 10.1. The fourth-order valence-corrected chi connectivity index (χ4v) is 3.13. The van der Waals surface area contributed by atoms with Crippen molar-refractivity contribution >= 4 is 0 Å². The Morgan fingerprint density at radius 2 is 1.86 bits per heavy atom. The first-order valence-electron chi connectivity index (χ1n) is 9.15. The van der Waals surface area contributed by atoms with E-state index in [2.05, 4.69) is 15.4 Å². The molecule has 0 aliphatic rings. The topological polar surface area (TPSA) is 81.6 Å². The van der Waals surface area contributed by atoms with Crippen LogP contribution in [0.1, 0.15) is 30.2 Å². The first-order valence-corrected chi connectivity index (χ1v) is 9.15. The zero-order chi connectivity index (χ0) is 20.4. The van der Waals surface area contributed by atoms with Crippen molar-refractivity contribution in [1.29, 1.82) is 0 Å². The third kappa shape index (κ3) is 3.93. The minimum atomic E-state index is -0.599. The second-order valence-corrected chi connectivity index (χ2v) is 6.72. The molecule has 4 rings (SSSR count). The number of hydrogen-bond acceptors (Lipinski definition) is 5. The van der Waals surface area contributed by atoms with Gasteiger partial charge in [-0.05, 0) is 26.0 Å². The number of quaternary nitrogens is 1. The van der Waals surface area contributed by atoms with E-state index >= 15 is 0 Å². The van der Waals surface area contributed by atoms with E-state index in [9.17, 15) is 8.78 Å². The van der Waals surface area contributed by atoms with Gasteiger partial charge in [-0.2, -0.15) is 0 Å². The van der Waals surface area contributed by atoms with E-state index < -0.39 is 11.6 Å². The van der Waals surface area contributed by atoms with Gasteiger partial charge >= 0.3 is 0 Å². The zero-order valence-corrected chi connectivity index (χ0v) is 15.9. The number of halogens is 2. The van der Waals surface area contributed by atoms with Crippen molar-refractivity contribution in [3.8, 4) is 22.7 Å². The zero-order valence-electron chi connectivity index (χ0n) is 15.9. The minimum absolute atomic E-state index is 0.247. The summed E-state index contributed by atoms with van der Waals surface area (Å²) in [6, 6.07) is 12.9. The van der Waals surface area contributed by atoms with Gasteiger partial charge in [-0.15, -0.1) is 10.2 Å². The Bertz CT molecular complexity index is 1120. The Morgan fingerprint density at radius 1 is 1.07 bits per heavy atom. The number of aromatic nitrogens is 3. The molecule has 2 heterocycles. The van der Waals surface area contributed by atoms with Crippen molar-refractivity contribution in [3.63, 3.8) is 0 Å². The summed E-state index contributed by atoms with van der Waals surface area (Å²) in [5, 5.41) is 14.2. The second-order valence-electron chi connectivity index (χ2n) is 6.72. The Labute approximate surface area is 165 Å². The van der Waals surface area contributed by atoms with E-state index in [1.165, 1.54) is 12.1 Å². The molecule has 148 valence electrons.